The van der Waals surface area contributed by atoms with E-state index in [0.717, 1.165) is 18.8 Å². The van der Waals surface area contributed by atoms with Crippen LogP contribution in [-0.4, -0.2) is 22.8 Å². The van der Waals surface area contributed by atoms with E-state index < -0.39 is 0 Å². The zero-order valence-corrected chi connectivity index (χ0v) is 17.3. The highest BCUT2D eigenvalue weighted by molar-refractivity contribution is 9.12. The minimum absolute atomic E-state index is 0. The molecule has 2 atom stereocenters. The molecule has 0 aliphatic heterocycles. The van der Waals surface area contributed by atoms with Crippen LogP contribution in [0, 0.1) is 0 Å². The van der Waals surface area contributed by atoms with Crippen LogP contribution in [0.3, 0.4) is 0 Å². The van der Waals surface area contributed by atoms with Gasteiger partial charge >= 0.3 is 0 Å². The van der Waals surface area contributed by atoms with Crippen molar-refractivity contribution in [2.24, 2.45) is 0 Å². The highest BCUT2D eigenvalue weighted by Gasteiger charge is 2.36. The Morgan fingerprint density at radius 2 is 2.00 bits per heavy atom. The fraction of sp³-hybridized carbons (Fsp3) is 0.625. The molecule has 1 aromatic carbocycles. The van der Waals surface area contributed by atoms with E-state index in [1.807, 2.05) is 12.1 Å². The molecule has 0 spiro atoms. The van der Waals surface area contributed by atoms with Crippen LogP contribution < -0.4 is 10.1 Å². The molecule has 0 aromatic heterocycles. The van der Waals surface area contributed by atoms with Gasteiger partial charge in [-0.3, -0.25) is 0 Å². The lowest BCUT2D eigenvalue weighted by molar-refractivity contribution is 0.394. The van der Waals surface area contributed by atoms with Gasteiger partial charge < -0.3 is 10.1 Å². The predicted molar refractivity (Wildman–Crippen MR) is 102 cm³/mol. The summed E-state index contributed by atoms with van der Waals surface area (Å²) in [6.07, 6.45) is 6.41. The fourth-order valence-electron chi connectivity index (χ4n) is 2.71. The Morgan fingerprint density at radius 1 is 1.29 bits per heavy atom. The Morgan fingerprint density at radius 3 is 2.62 bits per heavy atom. The second-order valence-corrected chi connectivity index (χ2v) is 8.21. The molecule has 0 amide bonds. The minimum atomic E-state index is 0. The normalized spacial score (nSPS) is 25.2. The lowest BCUT2D eigenvalue weighted by Crippen LogP contribution is -2.38. The van der Waals surface area contributed by atoms with Gasteiger partial charge in [0.25, 0.3) is 0 Å². The predicted octanol–water partition coefficient (Wildman–Crippen LogP) is 5.22. The number of alkyl halides is 2. The van der Waals surface area contributed by atoms with Gasteiger partial charge in [0, 0.05) is 15.7 Å². The maximum absolute atomic E-state index is 5.17. The van der Waals surface area contributed by atoms with E-state index in [1.54, 1.807) is 7.11 Å². The van der Waals surface area contributed by atoms with E-state index in [4.69, 9.17) is 4.74 Å². The summed E-state index contributed by atoms with van der Waals surface area (Å²) >= 11 is 7.80. The largest absolute Gasteiger partial charge is 0.497 e. The average Bonchev–Trinajstić information content (AvgIpc) is 2.48. The summed E-state index contributed by atoms with van der Waals surface area (Å²) in [7, 11) is 1.70. The number of hydrogen-bond donors (Lipinski definition) is 1. The molecule has 0 saturated heterocycles. The summed E-state index contributed by atoms with van der Waals surface area (Å²) < 4.78 is 5.44. The molecular formula is C16H24Br3NO. The first-order valence-corrected chi connectivity index (χ1v) is 9.01. The summed E-state index contributed by atoms with van der Waals surface area (Å²) in [6.45, 7) is 1.96. The standard InChI is InChI=1S/C16H23Br2NO.BrH/c1-20-14-7-5-13(6-8-14)12-19-11-10-16(18)9-3-2-4-15(16)17;/h5-8,15,19H,2-4,9-12H2,1H3;1H/t15-,16+;/m0./s1. The molecule has 1 aliphatic rings. The number of methoxy groups -OCH3 is 1. The lowest BCUT2D eigenvalue weighted by atomic mass is 9.86. The molecular weight excluding hydrogens is 462 g/mol. The van der Waals surface area contributed by atoms with Crippen molar-refractivity contribution < 1.29 is 4.74 Å². The third-order valence-electron chi connectivity index (χ3n) is 4.07. The first-order valence-electron chi connectivity index (χ1n) is 7.31. The van der Waals surface area contributed by atoms with Gasteiger partial charge in [0.05, 0.1) is 7.11 Å². The number of ether oxygens (including phenoxy) is 1. The maximum Gasteiger partial charge on any atom is 0.118 e. The lowest BCUT2D eigenvalue weighted by Gasteiger charge is -2.36. The molecule has 1 N–H and O–H groups in total. The van der Waals surface area contributed by atoms with E-state index in [1.165, 1.54) is 37.7 Å². The molecule has 1 aromatic rings. The average molecular weight is 486 g/mol. The SMILES string of the molecule is Br.COc1ccc(CNCC[C@]2(Br)CCCC[C@@H]2Br)cc1. The van der Waals surface area contributed by atoms with Crippen molar-refractivity contribution in [2.75, 3.05) is 13.7 Å². The minimum Gasteiger partial charge on any atom is -0.497 e. The van der Waals surface area contributed by atoms with Gasteiger partial charge in [0.2, 0.25) is 0 Å². The monoisotopic (exact) mass is 483 g/mol. The number of halogens is 3. The van der Waals surface area contributed by atoms with Crippen molar-refractivity contribution in [3.05, 3.63) is 29.8 Å². The molecule has 0 radical (unpaired) electrons. The first kappa shape index (κ1) is 19.5. The molecule has 2 rings (SSSR count). The summed E-state index contributed by atoms with van der Waals surface area (Å²) in [6, 6.07) is 8.25. The van der Waals surface area contributed by atoms with Crippen molar-refractivity contribution in [1.82, 2.24) is 5.32 Å². The van der Waals surface area contributed by atoms with Gasteiger partial charge in [0.1, 0.15) is 5.75 Å². The zero-order valence-electron chi connectivity index (χ0n) is 12.4. The first-order chi connectivity index (χ1) is 9.64. The van der Waals surface area contributed by atoms with E-state index in [0.29, 0.717) is 4.83 Å². The molecule has 1 fully saturated rings. The Bertz CT molecular complexity index is 412. The number of hydrogen-bond acceptors (Lipinski definition) is 2. The van der Waals surface area contributed by atoms with Gasteiger partial charge in [-0.2, -0.15) is 0 Å². The van der Waals surface area contributed by atoms with Crippen LogP contribution in [0.5, 0.6) is 5.75 Å². The zero-order chi connectivity index (χ0) is 14.4. The van der Waals surface area contributed by atoms with Crippen LogP contribution in [0.2, 0.25) is 0 Å². The molecule has 0 unspecified atom stereocenters. The maximum atomic E-state index is 5.17. The highest BCUT2D eigenvalue weighted by Crippen LogP contribution is 2.42. The number of nitrogens with one attached hydrogen (secondary N) is 1. The summed E-state index contributed by atoms with van der Waals surface area (Å²) in [5, 5.41) is 3.54. The fourth-order valence-corrected chi connectivity index (χ4v) is 4.20. The molecule has 1 saturated carbocycles. The van der Waals surface area contributed by atoms with Crippen LogP contribution in [0.4, 0.5) is 0 Å². The Balaban J connectivity index is 0.00000220. The number of benzene rings is 1. The molecule has 2 nitrogen and oxygen atoms in total. The topological polar surface area (TPSA) is 21.3 Å². The summed E-state index contributed by atoms with van der Waals surface area (Å²) in [5.41, 5.74) is 1.30. The van der Waals surface area contributed by atoms with E-state index in [-0.39, 0.29) is 21.3 Å². The van der Waals surface area contributed by atoms with Gasteiger partial charge in [0.15, 0.2) is 0 Å². The third-order valence-corrected chi connectivity index (χ3v) is 7.36. The molecule has 0 bridgehead atoms. The van der Waals surface area contributed by atoms with Gasteiger partial charge in [-0.1, -0.05) is 56.8 Å². The van der Waals surface area contributed by atoms with Crippen molar-refractivity contribution in [2.45, 2.75) is 47.8 Å². The Hall–Kier alpha value is 0.420. The molecule has 0 heterocycles. The van der Waals surface area contributed by atoms with E-state index in [2.05, 4.69) is 49.3 Å². The molecule has 1 aliphatic carbocycles. The van der Waals surface area contributed by atoms with E-state index in [9.17, 15) is 0 Å². The Labute approximate surface area is 155 Å². The molecule has 21 heavy (non-hydrogen) atoms. The second kappa shape index (κ2) is 9.53. The highest BCUT2D eigenvalue weighted by atomic mass is 79.9. The van der Waals surface area contributed by atoms with Crippen LogP contribution >= 0.6 is 48.8 Å². The van der Waals surface area contributed by atoms with Crippen LogP contribution in [0.1, 0.15) is 37.7 Å². The Kier molecular flexibility index (Phi) is 8.84. The van der Waals surface area contributed by atoms with Crippen molar-refractivity contribution in [3.63, 3.8) is 0 Å². The van der Waals surface area contributed by atoms with Crippen LogP contribution in [0.15, 0.2) is 24.3 Å². The van der Waals surface area contributed by atoms with Gasteiger partial charge in [-0.25, -0.2) is 0 Å². The second-order valence-electron chi connectivity index (χ2n) is 5.52. The molecule has 5 heteroatoms. The smallest absolute Gasteiger partial charge is 0.118 e. The van der Waals surface area contributed by atoms with Crippen LogP contribution in [0.25, 0.3) is 0 Å². The number of rotatable bonds is 6. The van der Waals surface area contributed by atoms with Crippen molar-refractivity contribution >= 4 is 48.8 Å². The third kappa shape index (κ3) is 5.85. The van der Waals surface area contributed by atoms with E-state index >= 15 is 0 Å². The van der Waals surface area contributed by atoms with Crippen molar-refractivity contribution in [3.8, 4) is 5.75 Å². The van der Waals surface area contributed by atoms with Crippen molar-refractivity contribution in [1.29, 1.82) is 0 Å². The quantitative estimate of drug-likeness (QED) is 0.440. The van der Waals surface area contributed by atoms with Crippen LogP contribution in [-0.2, 0) is 6.54 Å². The summed E-state index contributed by atoms with van der Waals surface area (Å²) in [5.74, 6) is 0.914. The van der Waals surface area contributed by atoms with Gasteiger partial charge in [-0.15, -0.1) is 17.0 Å². The van der Waals surface area contributed by atoms with Gasteiger partial charge in [-0.05, 0) is 43.5 Å². The summed E-state index contributed by atoms with van der Waals surface area (Å²) in [4.78, 5) is 0.603. The molecule has 120 valence electrons.